The molecule has 1 fully saturated rings. The van der Waals surface area contributed by atoms with Gasteiger partial charge in [0.05, 0.1) is 5.92 Å². The molecule has 2 unspecified atom stereocenters. The molecule has 1 saturated carbocycles. The molecule has 1 aliphatic rings. The van der Waals surface area contributed by atoms with Gasteiger partial charge in [-0.2, -0.15) is 0 Å². The maximum atomic E-state index is 11.2. The minimum atomic E-state index is -2.09. The summed E-state index contributed by atoms with van der Waals surface area (Å²) in [5, 5.41) is 18.0. The molecule has 0 aromatic heterocycles. The molecule has 0 saturated heterocycles. The quantitative estimate of drug-likeness (QED) is 0.683. The highest BCUT2D eigenvalue weighted by Gasteiger charge is 2.67. The summed E-state index contributed by atoms with van der Waals surface area (Å²) in [6, 6.07) is 0.866. The number of unbranched alkanes of at least 4 members (excludes halogenated alkanes) is 1. The summed E-state index contributed by atoms with van der Waals surface area (Å²) in [6.45, 7) is 5.96. The summed E-state index contributed by atoms with van der Waals surface area (Å²) >= 11 is 0. The van der Waals surface area contributed by atoms with Crippen LogP contribution in [0, 0.1) is 5.92 Å². The Kier molecular flexibility index (Phi) is 3.98. The third-order valence-corrected chi connectivity index (χ3v) is 5.64. The molecule has 98 valence electrons. The van der Waals surface area contributed by atoms with Gasteiger partial charge >= 0.3 is 11.9 Å². The summed E-state index contributed by atoms with van der Waals surface area (Å²) in [4.78, 5) is 22.0. The third-order valence-electron chi connectivity index (χ3n) is 3.16. The molecule has 1 rings (SSSR count). The van der Waals surface area contributed by atoms with Crippen LogP contribution in [0.2, 0.25) is 19.1 Å². The number of carboxylic acids is 2. The Morgan fingerprint density at radius 3 is 2.35 bits per heavy atom. The van der Waals surface area contributed by atoms with Crippen LogP contribution >= 0.6 is 0 Å². The van der Waals surface area contributed by atoms with E-state index in [1.54, 1.807) is 0 Å². The van der Waals surface area contributed by atoms with E-state index in [0.717, 1.165) is 18.9 Å². The number of rotatable bonds is 7. The van der Waals surface area contributed by atoms with E-state index in [4.69, 9.17) is 14.6 Å². The second-order valence-electron chi connectivity index (χ2n) is 5.25. The van der Waals surface area contributed by atoms with Crippen molar-refractivity contribution in [2.75, 3.05) is 0 Å². The molecule has 2 atom stereocenters. The van der Waals surface area contributed by atoms with Crippen molar-refractivity contribution in [3.05, 3.63) is 0 Å². The predicted molar refractivity (Wildman–Crippen MR) is 64.4 cm³/mol. The summed E-state index contributed by atoms with van der Waals surface area (Å²) in [6.07, 6.45) is 2.12. The lowest BCUT2D eigenvalue weighted by Crippen LogP contribution is -2.42. The van der Waals surface area contributed by atoms with Crippen LogP contribution in [0.5, 0.6) is 0 Å². The fraction of sp³-hybridized carbons (Fsp3) is 0.818. The van der Waals surface area contributed by atoms with Crippen molar-refractivity contribution in [2.24, 2.45) is 5.92 Å². The van der Waals surface area contributed by atoms with Crippen molar-refractivity contribution >= 4 is 20.3 Å². The van der Waals surface area contributed by atoms with Crippen molar-refractivity contribution in [1.82, 2.24) is 0 Å². The zero-order valence-electron chi connectivity index (χ0n) is 10.5. The van der Waals surface area contributed by atoms with E-state index in [0.29, 0.717) is 0 Å². The van der Waals surface area contributed by atoms with Gasteiger partial charge in [-0.05, 0) is 19.1 Å². The Labute approximate surface area is 102 Å². The van der Waals surface area contributed by atoms with Gasteiger partial charge in [0.1, 0.15) is 0 Å². The number of aliphatic carboxylic acids is 2. The first-order valence-electron chi connectivity index (χ1n) is 5.91. The lowest BCUT2D eigenvalue weighted by Gasteiger charge is -2.27. The van der Waals surface area contributed by atoms with Crippen LogP contribution in [-0.4, -0.2) is 36.1 Å². The summed E-state index contributed by atoms with van der Waals surface area (Å²) < 4.78 is 5.73. The van der Waals surface area contributed by atoms with Gasteiger partial charge < -0.3 is 14.6 Å². The Morgan fingerprint density at radius 2 is 2.00 bits per heavy atom. The van der Waals surface area contributed by atoms with Crippen molar-refractivity contribution in [2.45, 2.75) is 50.9 Å². The molecule has 0 spiro atoms. The van der Waals surface area contributed by atoms with E-state index in [-0.39, 0.29) is 6.42 Å². The lowest BCUT2D eigenvalue weighted by atomic mass is 10.2. The third kappa shape index (κ3) is 3.07. The molecular weight excluding hydrogens is 240 g/mol. The fourth-order valence-corrected chi connectivity index (χ4v) is 4.68. The normalized spacial score (nSPS) is 27.8. The van der Waals surface area contributed by atoms with E-state index in [2.05, 4.69) is 6.92 Å². The van der Waals surface area contributed by atoms with Crippen LogP contribution < -0.4 is 0 Å². The number of hydrogen-bond acceptors (Lipinski definition) is 3. The molecule has 0 aromatic rings. The van der Waals surface area contributed by atoms with Gasteiger partial charge in [0.15, 0.2) is 13.9 Å². The van der Waals surface area contributed by atoms with Gasteiger partial charge in [-0.1, -0.05) is 19.8 Å². The largest absolute Gasteiger partial charge is 0.481 e. The molecule has 17 heavy (non-hydrogen) atoms. The Bertz CT molecular complexity index is 328. The van der Waals surface area contributed by atoms with Crippen molar-refractivity contribution < 1.29 is 24.2 Å². The van der Waals surface area contributed by atoms with Gasteiger partial charge in [-0.15, -0.1) is 0 Å². The standard InChI is InChI=1S/C11H20O5Si/c1-4-5-6-17(2,3)16-11(10(14)15)7-8(11)9(12)13/h8H,4-7H2,1-3H3,(H,12,13)(H,14,15). The molecule has 6 heteroatoms. The monoisotopic (exact) mass is 260 g/mol. The molecule has 0 amide bonds. The summed E-state index contributed by atoms with van der Waals surface area (Å²) in [7, 11) is -2.09. The fourth-order valence-electron chi connectivity index (χ4n) is 2.07. The van der Waals surface area contributed by atoms with Crippen molar-refractivity contribution in [1.29, 1.82) is 0 Å². The molecule has 5 nitrogen and oxygen atoms in total. The zero-order chi connectivity index (χ0) is 13.3. The Morgan fingerprint density at radius 1 is 1.41 bits per heavy atom. The van der Waals surface area contributed by atoms with E-state index in [1.807, 2.05) is 13.1 Å². The molecule has 0 aromatic carbocycles. The van der Waals surface area contributed by atoms with Crippen LogP contribution in [0.25, 0.3) is 0 Å². The van der Waals surface area contributed by atoms with Crippen LogP contribution in [0.15, 0.2) is 0 Å². The molecule has 1 aliphatic carbocycles. The number of hydrogen-bond donors (Lipinski definition) is 2. The van der Waals surface area contributed by atoms with Crippen LogP contribution in [0.3, 0.4) is 0 Å². The maximum Gasteiger partial charge on any atom is 0.335 e. The highest BCUT2D eigenvalue weighted by Crippen LogP contribution is 2.49. The second-order valence-corrected chi connectivity index (χ2v) is 9.48. The second kappa shape index (κ2) is 4.78. The molecular formula is C11H20O5Si. The molecule has 0 radical (unpaired) electrons. The van der Waals surface area contributed by atoms with E-state index in [9.17, 15) is 9.59 Å². The Hall–Kier alpha value is -0.883. The van der Waals surface area contributed by atoms with Gasteiger partial charge in [-0.3, -0.25) is 4.79 Å². The van der Waals surface area contributed by atoms with Crippen LogP contribution in [-0.2, 0) is 14.0 Å². The average molecular weight is 260 g/mol. The van der Waals surface area contributed by atoms with Gasteiger partial charge in [-0.25, -0.2) is 4.79 Å². The predicted octanol–water partition coefficient (Wildman–Crippen LogP) is 1.94. The van der Waals surface area contributed by atoms with Crippen molar-refractivity contribution in [3.8, 4) is 0 Å². The zero-order valence-corrected chi connectivity index (χ0v) is 11.5. The molecule has 0 bridgehead atoms. The highest BCUT2D eigenvalue weighted by molar-refractivity contribution is 6.71. The Balaban J connectivity index is 2.70. The first-order chi connectivity index (χ1) is 7.75. The SMILES string of the molecule is CCCC[Si](C)(C)OC1(C(=O)O)CC1C(=O)O. The van der Waals surface area contributed by atoms with E-state index < -0.39 is 31.8 Å². The van der Waals surface area contributed by atoms with Gasteiger partial charge in [0.2, 0.25) is 0 Å². The number of carboxylic acid groups (broad SMARTS) is 2. The first kappa shape index (κ1) is 14.2. The molecule has 2 N–H and O–H groups in total. The van der Waals surface area contributed by atoms with Crippen LogP contribution in [0.1, 0.15) is 26.2 Å². The summed E-state index contributed by atoms with van der Waals surface area (Å²) in [5.41, 5.74) is -1.45. The topological polar surface area (TPSA) is 83.8 Å². The van der Waals surface area contributed by atoms with Gasteiger partial charge in [0, 0.05) is 6.42 Å². The minimum Gasteiger partial charge on any atom is -0.481 e. The average Bonchev–Trinajstić information content (AvgIpc) is 2.90. The number of carbonyl (C=O) groups is 2. The maximum absolute atomic E-state index is 11.2. The minimum absolute atomic E-state index is 0.0974. The van der Waals surface area contributed by atoms with E-state index >= 15 is 0 Å². The smallest absolute Gasteiger partial charge is 0.335 e. The lowest BCUT2D eigenvalue weighted by molar-refractivity contribution is -0.153. The molecule has 0 aliphatic heterocycles. The molecule has 0 heterocycles. The van der Waals surface area contributed by atoms with Crippen LogP contribution in [0.4, 0.5) is 0 Å². The summed E-state index contributed by atoms with van der Waals surface area (Å²) in [5.74, 6) is -3.09. The van der Waals surface area contributed by atoms with Gasteiger partial charge in [0.25, 0.3) is 0 Å². The first-order valence-corrected chi connectivity index (χ1v) is 9.03. The highest BCUT2D eigenvalue weighted by atomic mass is 28.4. The van der Waals surface area contributed by atoms with Crippen molar-refractivity contribution in [3.63, 3.8) is 0 Å². The van der Waals surface area contributed by atoms with E-state index in [1.165, 1.54) is 0 Å².